The first kappa shape index (κ1) is 38.8. The normalized spacial score (nSPS) is 51.2. The molecule has 10 rings (SSSR count). The summed E-state index contributed by atoms with van der Waals surface area (Å²) in [5.74, 6) is 3.29. The number of carbonyl (C=O) groups excluding carboxylic acids is 1. The highest BCUT2D eigenvalue weighted by atomic mass is 16.8. The molecule has 0 aromatic carbocycles. The van der Waals surface area contributed by atoms with Crippen molar-refractivity contribution in [2.24, 2.45) is 17.7 Å². The molecule has 2 unspecified atom stereocenters. The molecule has 0 radical (unpaired) electrons. The molecule has 0 saturated carbocycles. The maximum absolute atomic E-state index is 14.0. The molecule has 10 fully saturated rings. The molecule has 13 nitrogen and oxygen atoms in total. The van der Waals surface area contributed by atoms with Gasteiger partial charge < -0.3 is 52.9 Å². The van der Waals surface area contributed by atoms with Gasteiger partial charge in [0, 0.05) is 51.6 Å². The van der Waals surface area contributed by atoms with Gasteiger partial charge in [-0.05, 0) is 69.3 Å². The van der Waals surface area contributed by atoms with Crippen molar-refractivity contribution in [2.45, 2.75) is 214 Å². The van der Waals surface area contributed by atoms with Crippen LogP contribution in [0.15, 0.2) is 12.2 Å². The topological polar surface area (TPSA) is 167 Å². The van der Waals surface area contributed by atoms with Crippen LogP contribution in [0.5, 0.6) is 0 Å². The van der Waals surface area contributed by atoms with E-state index in [2.05, 4.69) is 19.4 Å². The van der Waals surface area contributed by atoms with E-state index in [0.29, 0.717) is 44.4 Å². The summed E-state index contributed by atoms with van der Waals surface area (Å²) in [6, 6.07) is 0. The van der Waals surface area contributed by atoms with Crippen LogP contribution in [0.25, 0.3) is 0 Å². The number of aliphatic hydroxyl groups excluding tert-OH is 1. The molecule has 0 amide bonds. The number of Topliss-reactive ketones (excluding diaryl/α,β-unsaturated/α-hetero) is 1. The molecule has 10 heterocycles. The van der Waals surface area contributed by atoms with Crippen LogP contribution in [0, 0.1) is 11.8 Å². The van der Waals surface area contributed by atoms with E-state index >= 15 is 0 Å². The number of hydrogen-bond donors (Lipinski definition) is 3. The molecule has 1 spiro atoms. The van der Waals surface area contributed by atoms with Gasteiger partial charge in [0.15, 0.2) is 5.79 Å². The summed E-state index contributed by atoms with van der Waals surface area (Å²) in [6.07, 6.45) is 8.38. The van der Waals surface area contributed by atoms with Gasteiger partial charge in [-0.3, -0.25) is 4.79 Å². The molecule has 10 saturated heterocycles. The van der Waals surface area contributed by atoms with Crippen molar-refractivity contribution in [1.29, 1.82) is 0 Å². The summed E-state index contributed by atoms with van der Waals surface area (Å²) >= 11 is 0. The van der Waals surface area contributed by atoms with E-state index in [1.165, 1.54) is 5.57 Å². The molecule has 10 aliphatic rings. The summed E-state index contributed by atoms with van der Waals surface area (Å²) in [5.41, 5.74) is 1.17. The molecule has 13 heteroatoms. The number of hydrogen-bond acceptors (Lipinski definition) is 13. The summed E-state index contributed by atoms with van der Waals surface area (Å²) in [5, 5.41) is 17.1. The molecule has 0 aromatic heterocycles. The maximum Gasteiger partial charge on any atom is 0.172 e. The fourth-order valence-corrected chi connectivity index (χ4v) is 11.5. The highest BCUT2D eigenvalue weighted by molar-refractivity contribution is 5.79. The average Bonchev–Trinajstić information content (AvgIpc) is 3.82. The number of ketones is 1. The third-order valence-corrected chi connectivity index (χ3v) is 13.9. The Bertz CT molecular complexity index is 1300. The molecular weight excluding hydrogens is 686 g/mol. The zero-order valence-electron chi connectivity index (χ0n) is 31.8. The van der Waals surface area contributed by atoms with E-state index in [4.69, 9.17) is 47.8 Å². The Morgan fingerprint density at radius 3 is 2.34 bits per heavy atom. The predicted octanol–water partition coefficient (Wildman–Crippen LogP) is 4.06. The lowest BCUT2D eigenvalue weighted by Crippen LogP contribution is -2.61. The van der Waals surface area contributed by atoms with Crippen LogP contribution in [0.1, 0.15) is 110 Å². The van der Waals surface area contributed by atoms with Gasteiger partial charge in [0.05, 0.1) is 67.1 Å². The van der Waals surface area contributed by atoms with E-state index in [1.807, 2.05) is 6.92 Å². The van der Waals surface area contributed by atoms with Crippen molar-refractivity contribution >= 4 is 5.78 Å². The van der Waals surface area contributed by atoms with E-state index in [1.54, 1.807) is 7.11 Å². The SMILES string of the molecule is C=C1C[C@@H]2CC[C@@]34C[C@H]5O[C@H]6[C@@H](O3)[C@H]3O[C@H](CC[C@@H]3O[C@H]6[C@H]5O4)CC(=O)C[C@@H]3[C@@H](OC)[C@@H](C[C@H](O)CC)O[C@H]3CC3C[C@H](C)C[C@H](CCC1O2)O3.NO. The first-order valence-corrected chi connectivity index (χ1v) is 20.6. The summed E-state index contributed by atoms with van der Waals surface area (Å²) in [6.45, 7) is 8.74. The van der Waals surface area contributed by atoms with Gasteiger partial charge in [0.25, 0.3) is 0 Å². The molecule has 19 atom stereocenters. The van der Waals surface area contributed by atoms with Gasteiger partial charge in [-0.25, -0.2) is 5.90 Å². The monoisotopic (exact) mass is 749 g/mol. The number of ether oxygens (including phenoxy) is 9. The molecule has 300 valence electrons. The van der Waals surface area contributed by atoms with Crippen molar-refractivity contribution < 1.29 is 57.7 Å². The van der Waals surface area contributed by atoms with Crippen molar-refractivity contribution in [3.05, 3.63) is 12.2 Å². The fourth-order valence-electron chi connectivity index (χ4n) is 11.5. The highest BCUT2D eigenvalue weighted by Gasteiger charge is 2.68. The summed E-state index contributed by atoms with van der Waals surface area (Å²) < 4.78 is 60.1. The molecule has 12 bridgehead atoms. The third-order valence-electron chi connectivity index (χ3n) is 13.9. The Labute approximate surface area is 313 Å². The Balaban J connectivity index is 0.00000197. The number of methoxy groups -OCH3 is 1. The van der Waals surface area contributed by atoms with Gasteiger partial charge in [-0.15, -0.1) is 0 Å². The highest BCUT2D eigenvalue weighted by Crippen LogP contribution is 2.54. The van der Waals surface area contributed by atoms with Gasteiger partial charge in [0.1, 0.15) is 36.3 Å². The molecule has 4 N–H and O–H groups in total. The minimum atomic E-state index is -0.761. The van der Waals surface area contributed by atoms with Crippen LogP contribution >= 0.6 is 0 Å². The van der Waals surface area contributed by atoms with Crippen LogP contribution in [0.4, 0.5) is 0 Å². The van der Waals surface area contributed by atoms with E-state index < -0.39 is 11.9 Å². The van der Waals surface area contributed by atoms with Crippen LogP contribution < -0.4 is 5.90 Å². The Kier molecular flexibility index (Phi) is 11.7. The molecule has 53 heavy (non-hydrogen) atoms. The average molecular weight is 750 g/mol. The Morgan fingerprint density at radius 1 is 0.792 bits per heavy atom. The van der Waals surface area contributed by atoms with Crippen molar-refractivity contribution in [2.75, 3.05) is 7.11 Å². The van der Waals surface area contributed by atoms with Crippen LogP contribution in [-0.2, 0) is 47.4 Å². The summed E-state index contributed by atoms with van der Waals surface area (Å²) in [4.78, 5) is 14.0. The molecule has 0 aromatic rings. The Hall–Kier alpha value is -1.07. The zero-order valence-corrected chi connectivity index (χ0v) is 31.8. The van der Waals surface area contributed by atoms with Crippen LogP contribution in [-0.4, -0.2) is 127 Å². The minimum absolute atomic E-state index is 0.0239. The summed E-state index contributed by atoms with van der Waals surface area (Å²) in [7, 11) is 1.71. The second-order valence-corrected chi connectivity index (χ2v) is 17.6. The number of fused-ring (bicyclic) bond motifs is 6. The first-order valence-electron chi connectivity index (χ1n) is 20.6. The second-order valence-electron chi connectivity index (χ2n) is 17.6. The fraction of sp³-hybridized carbons (Fsp3) is 0.925. The first-order chi connectivity index (χ1) is 25.7. The van der Waals surface area contributed by atoms with Crippen LogP contribution in [0.2, 0.25) is 0 Å². The Morgan fingerprint density at radius 2 is 1.53 bits per heavy atom. The zero-order chi connectivity index (χ0) is 37.0. The van der Waals surface area contributed by atoms with Crippen molar-refractivity contribution in [1.82, 2.24) is 0 Å². The van der Waals surface area contributed by atoms with Crippen molar-refractivity contribution in [3.63, 3.8) is 0 Å². The van der Waals surface area contributed by atoms with Gasteiger partial charge in [0.2, 0.25) is 0 Å². The predicted molar refractivity (Wildman–Crippen MR) is 189 cm³/mol. The van der Waals surface area contributed by atoms with E-state index in [0.717, 1.165) is 57.8 Å². The third kappa shape index (κ3) is 7.69. The number of rotatable bonds is 4. The largest absolute Gasteiger partial charge is 0.393 e. The number of aliphatic hydroxyl groups is 1. The van der Waals surface area contributed by atoms with E-state index in [9.17, 15) is 9.90 Å². The number of carbonyl (C=O) groups is 1. The second kappa shape index (κ2) is 16.1. The quantitative estimate of drug-likeness (QED) is 0.279. The van der Waals surface area contributed by atoms with Gasteiger partial charge >= 0.3 is 0 Å². The molecule has 10 aliphatic heterocycles. The lowest BCUT2D eigenvalue weighted by atomic mass is 9.83. The molecule has 0 aliphatic carbocycles. The van der Waals surface area contributed by atoms with E-state index in [-0.39, 0.29) is 103 Å². The maximum atomic E-state index is 14.0. The molecular formula is C40H63NO12. The van der Waals surface area contributed by atoms with Crippen LogP contribution in [0.3, 0.4) is 0 Å². The minimum Gasteiger partial charge on any atom is -0.393 e. The number of nitrogens with two attached hydrogens (primary N) is 1. The standard InChI is InChI=1S/C40H60O11.H3NO/c1-5-22(41)17-32-34(43-4)28-16-23(42)15-25-7-9-30-35(46-25)39-38-37(48-30)36-33(49-38)19-40(50-36,51-39)11-10-26-14-21(3)29(45-26)8-6-24-12-20(2)13-27(44-24)18-31(28)47-32;1-2/h20,22,24-39,41H,3,5-19H2,1-2,4H3;2H,1H2/t20-,22-,24+,25-,26+,27?,28+,29?,30+,31+,32-,33-,34-,35+,36+,37+,38-,39+,40+;/m1./s1. The lowest BCUT2D eigenvalue weighted by molar-refractivity contribution is -0.292. The van der Waals surface area contributed by atoms with Gasteiger partial charge in [-0.1, -0.05) is 20.4 Å². The van der Waals surface area contributed by atoms with Crippen molar-refractivity contribution in [3.8, 4) is 0 Å². The lowest BCUT2D eigenvalue weighted by Gasteiger charge is -2.47. The smallest absolute Gasteiger partial charge is 0.172 e. The van der Waals surface area contributed by atoms with Gasteiger partial charge in [-0.2, -0.15) is 0 Å².